The van der Waals surface area contributed by atoms with E-state index in [1.54, 1.807) is 0 Å². The number of hydrogen-bond donors (Lipinski definition) is 1. The van der Waals surface area contributed by atoms with Crippen molar-refractivity contribution < 1.29 is 0 Å². The maximum atomic E-state index is 3.87. The molecule has 2 aliphatic rings. The molecular formula is C13H25NS. The second-order valence-electron chi connectivity index (χ2n) is 5.27. The Kier molecular flexibility index (Phi) is 4.83. The molecule has 0 radical (unpaired) electrons. The Labute approximate surface area is 98.8 Å². The molecular weight excluding hydrogens is 202 g/mol. The van der Waals surface area contributed by atoms with Gasteiger partial charge in [0, 0.05) is 17.8 Å². The summed E-state index contributed by atoms with van der Waals surface area (Å²) in [7, 11) is 0. The molecule has 2 fully saturated rings. The average Bonchev–Trinajstić information content (AvgIpc) is 2.31. The molecule has 1 heterocycles. The Morgan fingerprint density at radius 3 is 2.53 bits per heavy atom. The molecule has 1 nitrogen and oxygen atoms in total. The van der Waals surface area contributed by atoms with E-state index in [0.717, 1.165) is 18.0 Å². The highest BCUT2D eigenvalue weighted by atomic mass is 32.2. The van der Waals surface area contributed by atoms with E-state index in [0.29, 0.717) is 0 Å². The zero-order valence-corrected chi connectivity index (χ0v) is 10.8. The molecule has 2 heteroatoms. The van der Waals surface area contributed by atoms with Crippen molar-refractivity contribution in [3.63, 3.8) is 0 Å². The summed E-state index contributed by atoms with van der Waals surface area (Å²) in [6, 6.07) is 1.56. The van der Waals surface area contributed by atoms with Crippen LogP contribution >= 0.6 is 11.8 Å². The van der Waals surface area contributed by atoms with Crippen molar-refractivity contribution in [3.05, 3.63) is 0 Å². The number of thioether (sulfide) groups is 1. The van der Waals surface area contributed by atoms with Crippen LogP contribution in [0.5, 0.6) is 0 Å². The molecule has 1 N–H and O–H groups in total. The van der Waals surface area contributed by atoms with Crippen molar-refractivity contribution in [1.29, 1.82) is 0 Å². The molecule has 1 aliphatic heterocycles. The molecule has 0 bridgehead atoms. The second kappa shape index (κ2) is 6.15. The van der Waals surface area contributed by atoms with E-state index in [4.69, 9.17) is 0 Å². The molecule has 0 aromatic heterocycles. The summed E-state index contributed by atoms with van der Waals surface area (Å²) in [6.45, 7) is 2.41. The van der Waals surface area contributed by atoms with Crippen LogP contribution in [-0.2, 0) is 0 Å². The monoisotopic (exact) mass is 227 g/mol. The van der Waals surface area contributed by atoms with Crippen molar-refractivity contribution in [2.45, 2.75) is 64.0 Å². The smallest absolute Gasteiger partial charge is 0.0161 e. The first-order valence-electron chi connectivity index (χ1n) is 6.70. The van der Waals surface area contributed by atoms with Gasteiger partial charge in [0.05, 0.1) is 0 Å². The van der Waals surface area contributed by atoms with Gasteiger partial charge in [-0.05, 0) is 44.3 Å². The molecule has 0 aromatic rings. The molecule has 1 aliphatic carbocycles. The molecule has 1 saturated carbocycles. The Balaban J connectivity index is 1.72. The van der Waals surface area contributed by atoms with Gasteiger partial charge in [-0.1, -0.05) is 19.3 Å². The van der Waals surface area contributed by atoms with Gasteiger partial charge in [0.1, 0.15) is 0 Å². The zero-order chi connectivity index (χ0) is 10.5. The SMILES string of the molecule is C[C@@H](NC1CCCSC1)C1CCCCC1. The van der Waals surface area contributed by atoms with E-state index in [9.17, 15) is 0 Å². The molecule has 1 saturated heterocycles. The van der Waals surface area contributed by atoms with Crippen LogP contribution in [0.25, 0.3) is 0 Å². The third-order valence-electron chi connectivity index (χ3n) is 4.02. The normalized spacial score (nSPS) is 31.4. The Bertz CT molecular complexity index is 171. The van der Waals surface area contributed by atoms with E-state index >= 15 is 0 Å². The molecule has 88 valence electrons. The first kappa shape index (κ1) is 11.8. The van der Waals surface area contributed by atoms with Gasteiger partial charge < -0.3 is 5.32 Å². The standard InChI is InChI=1S/C13H25NS/c1-11(12-6-3-2-4-7-12)14-13-8-5-9-15-10-13/h11-14H,2-10H2,1H3/t11-,13?/m1/s1. The fraction of sp³-hybridized carbons (Fsp3) is 1.00. The highest BCUT2D eigenvalue weighted by Gasteiger charge is 2.23. The van der Waals surface area contributed by atoms with Gasteiger partial charge in [-0.15, -0.1) is 0 Å². The fourth-order valence-corrected chi connectivity index (χ4v) is 4.10. The Morgan fingerprint density at radius 2 is 1.87 bits per heavy atom. The minimum atomic E-state index is 0.758. The number of rotatable bonds is 3. The van der Waals surface area contributed by atoms with Crippen molar-refractivity contribution >= 4 is 11.8 Å². The predicted octanol–water partition coefficient (Wildman–Crippen LogP) is 3.44. The molecule has 15 heavy (non-hydrogen) atoms. The first-order valence-corrected chi connectivity index (χ1v) is 7.85. The first-order chi connectivity index (χ1) is 7.36. The van der Waals surface area contributed by atoms with Crippen LogP contribution in [0.4, 0.5) is 0 Å². The van der Waals surface area contributed by atoms with Crippen LogP contribution in [0, 0.1) is 5.92 Å². The molecule has 2 rings (SSSR count). The predicted molar refractivity (Wildman–Crippen MR) is 69.5 cm³/mol. The fourth-order valence-electron chi connectivity index (χ4n) is 3.01. The largest absolute Gasteiger partial charge is 0.310 e. The lowest BCUT2D eigenvalue weighted by Crippen LogP contribution is -2.43. The average molecular weight is 227 g/mol. The summed E-state index contributed by atoms with van der Waals surface area (Å²) >= 11 is 2.13. The molecule has 1 unspecified atom stereocenters. The zero-order valence-electron chi connectivity index (χ0n) is 10.0. The second-order valence-corrected chi connectivity index (χ2v) is 6.42. The Morgan fingerprint density at radius 1 is 1.07 bits per heavy atom. The van der Waals surface area contributed by atoms with E-state index in [-0.39, 0.29) is 0 Å². The number of hydrogen-bond acceptors (Lipinski definition) is 2. The maximum Gasteiger partial charge on any atom is 0.0161 e. The van der Waals surface area contributed by atoms with Crippen LogP contribution in [0.1, 0.15) is 51.9 Å². The lowest BCUT2D eigenvalue weighted by atomic mass is 9.84. The van der Waals surface area contributed by atoms with Gasteiger partial charge in [-0.2, -0.15) is 11.8 Å². The summed E-state index contributed by atoms with van der Waals surface area (Å²) in [5.74, 6) is 3.69. The topological polar surface area (TPSA) is 12.0 Å². The molecule has 0 amide bonds. The van der Waals surface area contributed by atoms with E-state index in [2.05, 4.69) is 24.0 Å². The van der Waals surface area contributed by atoms with Crippen LogP contribution in [0.2, 0.25) is 0 Å². The van der Waals surface area contributed by atoms with Gasteiger partial charge in [0.15, 0.2) is 0 Å². The quantitative estimate of drug-likeness (QED) is 0.792. The third kappa shape index (κ3) is 3.67. The summed E-state index contributed by atoms with van der Waals surface area (Å²) in [5, 5.41) is 3.87. The summed E-state index contributed by atoms with van der Waals surface area (Å²) in [6.07, 6.45) is 10.2. The van der Waals surface area contributed by atoms with Gasteiger partial charge in [0.2, 0.25) is 0 Å². The van der Waals surface area contributed by atoms with Gasteiger partial charge >= 0.3 is 0 Å². The third-order valence-corrected chi connectivity index (χ3v) is 5.23. The van der Waals surface area contributed by atoms with Crippen LogP contribution < -0.4 is 5.32 Å². The van der Waals surface area contributed by atoms with Gasteiger partial charge in [0.25, 0.3) is 0 Å². The summed E-state index contributed by atoms with van der Waals surface area (Å²) < 4.78 is 0. The van der Waals surface area contributed by atoms with Crippen molar-refractivity contribution in [2.24, 2.45) is 5.92 Å². The van der Waals surface area contributed by atoms with Gasteiger partial charge in [-0.3, -0.25) is 0 Å². The molecule has 2 atom stereocenters. The highest BCUT2D eigenvalue weighted by molar-refractivity contribution is 7.99. The number of nitrogens with one attached hydrogen (secondary N) is 1. The van der Waals surface area contributed by atoms with E-state index in [1.807, 2.05) is 0 Å². The van der Waals surface area contributed by atoms with Crippen LogP contribution in [0.15, 0.2) is 0 Å². The molecule has 0 spiro atoms. The lowest BCUT2D eigenvalue weighted by molar-refractivity contribution is 0.264. The van der Waals surface area contributed by atoms with Crippen LogP contribution in [0.3, 0.4) is 0 Å². The van der Waals surface area contributed by atoms with Crippen LogP contribution in [-0.4, -0.2) is 23.6 Å². The van der Waals surface area contributed by atoms with Gasteiger partial charge in [-0.25, -0.2) is 0 Å². The minimum Gasteiger partial charge on any atom is -0.310 e. The highest BCUT2D eigenvalue weighted by Crippen LogP contribution is 2.27. The van der Waals surface area contributed by atoms with Crippen molar-refractivity contribution in [1.82, 2.24) is 5.32 Å². The lowest BCUT2D eigenvalue weighted by Gasteiger charge is -2.33. The summed E-state index contributed by atoms with van der Waals surface area (Å²) in [4.78, 5) is 0. The molecule has 0 aromatic carbocycles. The van der Waals surface area contributed by atoms with E-state index in [1.165, 1.54) is 56.5 Å². The minimum absolute atomic E-state index is 0.758. The van der Waals surface area contributed by atoms with E-state index < -0.39 is 0 Å². The van der Waals surface area contributed by atoms with Crippen molar-refractivity contribution in [3.8, 4) is 0 Å². The van der Waals surface area contributed by atoms with Crippen molar-refractivity contribution in [2.75, 3.05) is 11.5 Å². The maximum absolute atomic E-state index is 3.87. The summed E-state index contributed by atoms with van der Waals surface area (Å²) in [5.41, 5.74) is 0. The Hall–Kier alpha value is 0.310.